The molecule has 162 valence electrons. The zero-order chi connectivity index (χ0) is 22.3. The number of hydrogen-bond donors (Lipinski definition) is 1. The predicted octanol–water partition coefficient (Wildman–Crippen LogP) is 4.61. The van der Waals surface area contributed by atoms with E-state index in [9.17, 15) is 9.59 Å². The van der Waals surface area contributed by atoms with Gasteiger partial charge in [-0.1, -0.05) is 42.8 Å². The number of ether oxygens (including phenoxy) is 1. The molecule has 0 aromatic heterocycles. The maximum absolute atomic E-state index is 13.3. The van der Waals surface area contributed by atoms with Gasteiger partial charge in [0, 0.05) is 17.1 Å². The van der Waals surface area contributed by atoms with Gasteiger partial charge in [0.1, 0.15) is 11.8 Å². The lowest BCUT2D eigenvalue weighted by Crippen LogP contribution is -2.53. The van der Waals surface area contributed by atoms with E-state index in [0.29, 0.717) is 18.0 Å². The standard InChI is InChI=1S/C24H31ClN2O3/c1-6-21(23(29)26-24(2,3)4)27(16-18-9-13-20(30-5)14-10-18)22(28)15-17-7-11-19(25)12-8-17/h7-14,21H,6,15-16H2,1-5H3,(H,26,29)/t21-/m1/s1. The van der Waals surface area contributed by atoms with Crippen molar-refractivity contribution in [3.05, 3.63) is 64.7 Å². The van der Waals surface area contributed by atoms with Gasteiger partial charge in [-0.25, -0.2) is 0 Å². The van der Waals surface area contributed by atoms with Gasteiger partial charge in [0.2, 0.25) is 11.8 Å². The highest BCUT2D eigenvalue weighted by atomic mass is 35.5. The maximum Gasteiger partial charge on any atom is 0.243 e. The first-order chi connectivity index (χ1) is 14.1. The molecule has 0 saturated carbocycles. The highest BCUT2D eigenvalue weighted by Crippen LogP contribution is 2.19. The molecular formula is C24H31ClN2O3. The van der Waals surface area contributed by atoms with Crippen LogP contribution in [-0.2, 0) is 22.6 Å². The van der Waals surface area contributed by atoms with Crippen molar-refractivity contribution in [1.29, 1.82) is 0 Å². The van der Waals surface area contributed by atoms with Crippen molar-refractivity contribution in [3.8, 4) is 5.75 Å². The largest absolute Gasteiger partial charge is 0.497 e. The molecule has 30 heavy (non-hydrogen) atoms. The topological polar surface area (TPSA) is 58.6 Å². The van der Waals surface area contributed by atoms with Gasteiger partial charge >= 0.3 is 0 Å². The summed E-state index contributed by atoms with van der Waals surface area (Å²) in [6.45, 7) is 8.05. The number of carbonyl (C=O) groups is 2. The summed E-state index contributed by atoms with van der Waals surface area (Å²) in [5.41, 5.74) is 1.41. The van der Waals surface area contributed by atoms with Gasteiger partial charge in [-0.05, 0) is 62.6 Å². The fraction of sp³-hybridized carbons (Fsp3) is 0.417. The van der Waals surface area contributed by atoms with Crippen molar-refractivity contribution in [2.45, 2.75) is 58.7 Å². The molecule has 0 unspecified atom stereocenters. The third-order valence-corrected chi connectivity index (χ3v) is 4.92. The Labute approximate surface area is 184 Å². The van der Waals surface area contributed by atoms with Gasteiger partial charge in [0.25, 0.3) is 0 Å². The molecule has 6 heteroatoms. The van der Waals surface area contributed by atoms with E-state index >= 15 is 0 Å². The molecule has 1 N–H and O–H groups in total. The highest BCUT2D eigenvalue weighted by molar-refractivity contribution is 6.30. The Bertz CT molecular complexity index is 842. The number of halogens is 1. The Morgan fingerprint density at radius 2 is 1.60 bits per heavy atom. The summed E-state index contributed by atoms with van der Waals surface area (Å²) in [5, 5.41) is 3.63. The van der Waals surface area contributed by atoms with Crippen molar-refractivity contribution >= 4 is 23.4 Å². The number of nitrogens with zero attached hydrogens (tertiary/aromatic N) is 1. The van der Waals surface area contributed by atoms with E-state index in [2.05, 4.69) is 5.32 Å². The predicted molar refractivity (Wildman–Crippen MR) is 121 cm³/mol. The molecule has 0 aliphatic carbocycles. The Morgan fingerprint density at radius 1 is 1.03 bits per heavy atom. The smallest absolute Gasteiger partial charge is 0.243 e. The van der Waals surface area contributed by atoms with Crippen molar-refractivity contribution in [1.82, 2.24) is 10.2 Å². The molecule has 0 aliphatic rings. The van der Waals surface area contributed by atoms with Gasteiger partial charge in [-0.15, -0.1) is 0 Å². The van der Waals surface area contributed by atoms with Gasteiger partial charge in [0.15, 0.2) is 0 Å². The normalized spacial score (nSPS) is 12.2. The quantitative estimate of drug-likeness (QED) is 0.665. The second-order valence-corrected chi connectivity index (χ2v) is 8.77. The maximum atomic E-state index is 13.3. The third kappa shape index (κ3) is 7.06. The van der Waals surface area contributed by atoms with Crippen molar-refractivity contribution in [2.24, 2.45) is 0 Å². The van der Waals surface area contributed by atoms with E-state index in [0.717, 1.165) is 16.9 Å². The van der Waals surface area contributed by atoms with Crippen LogP contribution < -0.4 is 10.1 Å². The molecule has 1 atom stereocenters. The van der Waals surface area contributed by atoms with E-state index in [1.165, 1.54) is 0 Å². The molecule has 0 spiro atoms. The van der Waals surface area contributed by atoms with Gasteiger partial charge < -0.3 is 15.0 Å². The van der Waals surface area contributed by atoms with Crippen molar-refractivity contribution in [3.63, 3.8) is 0 Å². The number of nitrogens with one attached hydrogen (secondary N) is 1. The van der Waals surface area contributed by atoms with Crippen molar-refractivity contribution in [2.75, 3.05) is 7.11 Å². The number of carbonyl (C=O) groups excluding carboxylic acids is 2. The summed E-state index contributed by atoms with van der Waals surface area (Å²) in [6, 6.07) is 14.2. The van der Waals surface area contributed by atoms with Crippen LogP contribution in [0.25, 0.3) is 0 Å². The fourth-order valence-corrected chi connectivity index (χ4v) is 3.30. The molecule has 5 nitrogen and oxygen atoms in total. The van der Waals surface area contributed by atoms with E-state index in [-0.39, 0.29) is 23.8 Å². The first kappa shape index (κ1) is 23.7. The van der Waals surface area contributed by atoms with E-state index in [1.807, 2.05) is 64.1 Å². The average Bonchev–Trinajstić information content (AvgIpc) is 2.68. The van der Waals surface area contributed by atoms with Gasteiger partial charge in [-0.3, -0.25) is 9.59 Å². The Hall–Kier alpha value is -2.53. The number of benzene rings is 2. The lowest BCUT2D eigenvalue weighted by atomic mass is 10.0. The van der Waals surface area contributed by atoms with Gasteiger partial charge in [-0.2, -0.15) is 0 Å². The minimum atomic E-state index is -0.564. The minimum absolute atomic E-state index is 0.107. The summed E-state index contributed by atoms with van der Waals surface area (Å²) >= 11 is 5.96. The molecule has 0 radical (unpaired) electrons. The monoisotopic (exact) mass is 430 g/mol. The Kier molecular flexibility index (Phi) is 8.30. The van der Waals surface area contributed by atoms with E-state index < -0.39 is 6.04 Å². The Balaban J connectivity index is 2.29. The average molecular weight is 431 g/mol. The molecule has 2 rings (SSSR count). The van der Waals surface area contributed by atoms with Crippen LogP contribution in [-0.4, -0.2) is 35.4 Å². The van der Waals surface area contributed by atoms with Crippen molar-refractivity contribution < 1.29 is 14.3 Å². The van der Waals surface area contributed by atoms with Crippen LogP contribution in [0.2, 0.25) is 5.02 Å². The summed E-state index contributed by atoms with van der Waals surface area (Å²) < 4.78 is 5.22. The van der Waals surface area contributed by atoms with Crippen LogP contribution in [0.5, 0.6) is 5.75 Å². The SMILES string of the molecule is CC[C@H](C(=O)NC(C)(C)C)N(Cc1ccc(OC)cc1)C(=O)Cc1ccc(Cl)cc1. The van der Waals surface area contributed by atoms with Gasteiger partial charge in [0.05, 0.1) is 13.5 Å². The number of rotatable bonds is 8. The summed E-state index contributed by atoms with van der Waals surface area (Å²) in [7, 11) is 1.61. The van der Waals surface area contributed by atoms with Crippen LogP contribution in [0.3, 0.4) is 0 Å². The van der Waals surface area contributed by atoms with Crippen LogP contribution >= 0.6 is 11.6 Å². The van der Waals surface area contributed by atoms with Crippen LogP contribution in [0.15, 0.2) is 48.5 Å². The summed E-state index contributed by atoms with van der Waals surface area (Å²) in [5.74, 6) is 0.488. The third-order valence-electron chi connectivity index (χ3n) is 4.66. The second-order valence-electron chi connectivity index (χ2n) is 8.34. The molecule has 0 heterocycles. The summed E-state index contributed by atoms with van der Waals surface area (Å²) in [6.07, 6.45) is 0.719. The molecule has 0 bridgehead atoms. The first-order valence-corrected chi connectivity index (χ1v) is 10.5. The molecule has 0 aliphatic heterocycles. The van der Waals surface area contributed by atoms with Crippen LogP contribution in [0.1, 0.15) is 45.2 Å². The molecular weight excluding hydrogens is 400 g/mol. The fourth-order valence-electron chi connectivity index (χ4n) is 3.18. The number of hydrogen-bond acceptors (Lipinski definition) is 3. The van der Waals surface area contributed by atoms with Crippen LogP contribution in [0.4, 0.5) is 0 Å². The number of amides is 2. The molecule has 2 aromatic carbocycles. The molecule has 0 fully saturated rings. The zero-order valence-corrected chi connectivity index (χ0v) is 19.1. The Morgan fingerprint density at radius 3 is 2.10 bits per heavy atom. The molecule has 0 saturated heterocycles. The zero-order valence-electron chi connectivity index (χ0n) is 18.4. The van der Waals surface area contributed by atoms with E-state index in [1.54, 1.807) is 24.1 Å². The first-order valence-electron chi connectivity index (χ1n) is 10.1. The van der Waals surface area contributed by atoms with E-state index in [4.69, 9.17) is 16.3 Å². The lowest BCUT2D eigenvalue weighted by Gasteiger charge is -2.33. The number of methoxy groups -OCH3 is 1. The summed E-state index contributed by atoms with van der Waals surface area (Å²) in [4.78, 5) is 27.9. The molecule has 2 amide bonds. The minimum Gasteiger partial charge on any atom is -0.497 e. The highest BCUT2D eigenvalue weighted by Gasteiger charge is 2.30. The van der Waals surface area contributed by atoms with Crippen LogP contribution in [0, 0.1) is 0 Å². The lowest BCUT2D eigenvalue weighted by molar-refractivity contribution is -0.141. The molecule has 2 aromatic rings. The second kappa shape index (κ2) is 10.5.